The van der Waals surface area contributed by atoms with Crippen molar-refractivity contribution < 1.29 is 19.7 Å². The van der Waals surface area contributed by atoms with Crippen molar-refractivity contribution >= 4 is 0 Å². The molecule has 0 aromatic heterocycles. The van der Waals surface area contributed by atoms with Crippen molar-refractivity contribution in [3.8, 4) is 0 Å². The van der Waals surface area contributed by atoms with Gasteiger partial charge in [-0.05, 0) is 13.8 Å². The molecule has 0 fully saturated rings. The molecule has 0 aromatic rings. The molecule has 0 amide bonds. The largest absolute Gasteiger partial charge is 0.465 e. The molecular formula is C8H15NO4. The number of aliphatic hydroxyl groups is 2. The van der Waals surface area contributed by atoms with E-state index in [1.165, 1.54) is 0 Å². The van der Waals surface area contributed by atoms with Crippen molar-refractivity contribution in [1.82, 2.24) is 0 Å². The van der Waals surface area contributed by atoms with Crippen LogP contribution >= 0.6 is 0 Å². The number of aliphatic hydroxyl groups excluding tert-OH is 2. The summed E-state index contributed by atoms with van der Waals surface area (Å²) < 4.78 is 10.2. The highest BCUT2D eigenvalue weighted by atomic mass is 16.7. The predicted octanol–water partition coefficient (Wildman–Crippen LogP) is -0.709. The van der Waals surface area contributed by atoms with Gasteiger partial charge in [0, 0.05) is 6.61 Å². The van der Waals surface area contributed by atoms with Gasteiger partial charge in [-0.2, -0.15) is 0 Å². The molecule has 0 spiro atoms. The topological polar surface area (TPSA) is 84.9 Å². The first-order valence-electron chi connectivity index (χ1n) is 4.18. The highest BCUT2D eigenvalue weighted by molar-refractivity contribution is 5.13. The van der Waals surface area contributed by atoms with E-state index in [2.05, 4.69) is 0 Å². The number of hydrogen-bond donors (Lipinski definition) is 3. The van der Waals surface area contributed by atoms with Crippen molar-refractivity contribution in [1.29, 1.82) is 0 Å². The van der Waals surface area contributed by atoms with E-state index < -0.39 is 18.5 Å². The fraction of sp³-hybridized carbons (Fsp3) is 0.750. The molecule has 0 aliphatic carbocycles. The number of rotatable bonds is 2. The van der Waals surface area contributed by atoms with Gasteiger partial charge in [0.25, 0.3) is 0 Å². The van der Waals surface area contributed by atoms with E-state index in [9.17, 15) is 10.2 Å². The molecule has 13 heavy (non-hydrogen) atoms. The average molecular weight is 189 g/mol. The Morgan fingerprint density at radius 2 is 2.15 bits per heavy atom. The third kappa shape index (κ3) is 1.93. The maximum Gasteiger partial charge on any atom is 0.228 e. The molecule has 0 radical (unpaired) electrons. The van der Waals surface area contributed by atoms with Crippen molar-refractivity contribution in [2.24, 2.45) is 5.73 Å². The van der Waals surface area contributed by atoms with Gasteiger partial charge < -0.3 is 25.4 Å². The van der Waals surface area contributed by atoms with Gasteiger partial charge >= 0.3 is 0 Å². The molecule has 1 heterocycles. The van der Waals surface area contributed by atoms with E-state index in [0.717, 1.165) is 0 Å². The molecule has 0 bridgehead atoms. The molecule has 1 aliphatic heterocycles. The maximum absolute atomic E-state index is 9.44. The van der Waals surface area contributed by atoms with E-state index in [4.69, 9.17) is 15.2 Å². The molecule has 5 nitrogen and oxygen atoms in total. The average Bonchev–Trinajstić information content (AvgIpc) is 2.11. The van der Waals surface area contributed by atoms with Crippen LogP contribution in [0.2, 0.25) is 0 Å². The van der Waals surface area contributed by atoms with Gasteiger partial charge in [0.2, 0.25) is 6.29 Å². The fourth-order valence-electron chi connectivity index (χ4n) is 1.15. The lowest BCUT2D eigenvalue weighted by molar-refractivity contribution is -0.203. The van der Waals surface area contributed by atoms with Gasteiger partial charge in [-0.1, -0.05) is 0 Å². The summed E-state index contributed by atoms with van der Waals surface area (Å²) in [4.78, 5) is 0. The van der Waals surface area contributed by atoms with Gasteiger partial charge in [0.15, 0.2) is 0 Å². The second-order valence-corrected chi connectivity index (χ2v) is 2.89. The molecule has 4 N–H and O–H groups in total. The number of nitrogens with two attached hydrogens (primary N) is 1. The van der Waals surface area contributed by atoms with Crippen LogP contribution in [0.15, 0.2) is 11.5 Å². The van der Waals surface area contributed by atoms with Gasteiger partial charge in [-0.3, -0.25) is 0 Å². The van der Waals surface area contributed by atoms with Crippen molar-refractivity contribution in [3.05, 3.63) is 11.5 Å². The third-order valence-corrected chi connectivity index (χ3v) is 1.95. The Kier molecular flexibility index (Phi) is 3.13. The van der Waals surface area contributed by atoms with Crippen molar-refractivity contribution in [2.75, 3.05) is 6.61 Å². The molecule has 0 saturated carbocycles. The van der Waals surface area contributed by atoms with E-state index in [-0.39, 0.29) is 5.70 Å². The van der Waals surface area contributed by atoms with Gasteiger partial charge in [-0.25, -0.2) is 0 Å². The standard InChI is InChI=1S/C8H15NO4/c1-3-12-8-7(11)6(10)5(9)4(2)13-8/h6-8,10-11H,3,9H2,1-2H3. The van der Waals surface area contributed by atoms with Crippen molar-refractivity contribution in [3.63, 3.8) is 0 Å². The lowest BCUT2D eigenvalue weighted by atomic mass is 10.1. The van der Waals surface area contributed by atoms with Crippen LogP contribution in [0.25, 0.3) is 0 Å². The molecule has 1 rings (SSSR count). The Labute approximate surface area is 76.8 Å². The SMILES string of the molecule is CCOC1OC(C)=C(N)C(O)C1O. The van der Waals surface area contributed by atoms with Gasteiger partial charge in [0.05, 0.1) is 5.70 Å². The minimum Gasteiger partial charge on any atom is -0.465 e. The monoisotopic (exact) mass is 189 g/mol. The molecule has 0 aromatic carbocycles. The molecular weight excluding hydrogens is 174 g/mol. The summed E-state index contributed by atoms with van der Waals surface area (Å²) in [6.45, 7) is 3.80. The molecule has 76 valence electrons. The lowest BCUT2D eigenvalue weighted by Crippen LogP contribution is -2.47. The Morgan fingerprint density at radius 3 is 2.69 bits per heavy atom. The maximum atomic E-state index is 9.44. The first-order chi connectivity index (χ1) is 6.07. The molecule has 3 atom stereocenters. The summed E-state index contributed by atoms with van der Waals surface area (Å²) in [5, 5.41) is 18.9. The predicted molar refractivity (Wildman–Crippen MR) is 45.4 cm³/mol. The zero-order valence-electron chi connectivity index (χ0n) is 7.73. The van der Waals surface area contributed by atoms with E-state index in [1.54, 1.807) is 13.8 Å². The molecule has 0 saturated heterocycles. The van der Waals surface area contributed by atoms with Crippen LogP contribution in [-0.2, 0) is 9.47 Å². The zero-order valence-corrected chi connectivity index (χ0v) is 7.73. The van der Waals surface area contributed by atoms with Crippen LogP contribution in [-0.4, -0.2) is 35.3 Å². The van der Waals surface area contributed by atoms with E-state index >= 15 is 0 Å². The fourth-order valence-corrected chi connectivity index (χ4v) is 1.15. The van der Waals surface area contributed by atoms with Crippen LogP contribution in [0.3, 0.4) is 0 Å². The quantitative estimate of drug-likeness (QED) is 0.534. The van der Waals surface area contributed by atoms with Crippen LogP contribution in [0.4, 0.5) is 0 Å². The summed E-state index contributed by atoms with van der Waals surface area (Å²) >= 11 is 0. The highest BCUT2D eigenvalue weighted by Gasteiger charge is 2.35. The van der Waals surface area contributed by atoms with Gasteiger partial charge in [-0.15, -0.1) is 0 Å². The summed E-state index contributed by atoms with van der Waals surface area (Å²) in [7, 11) is 0. The lowest BCUT2D eigenvalue weighted by Gasteiger charge is -2.32. The Balaban J connectivity index is 2.75. The minimum absolute atomic E-state index is 0.156. The van der Waals surface area contributed by atoms with E-state index in [1.807, 2.05) is 0 Å². The van der Waals surface area contributed by atoms with Crippen LogP contribution in [0.5, 0.6) is 0 Å². The molecule has 3 unspecified atom stereocenters. The first-order valence-corrected chi connectivity index (χ1v) is 4.18. The van der Waals surface area contributed by atoms with Gasteiger partial charge in [0.1, 0.15) is 18.0 Å². The Morgan fingerprint density at radius 1 is 1.54 bits per heavy atom. The Hall–Kier alpha value is -0.780. The second-order valence-electron chi connectivity index (χ2n) is 2.89. The summed E-state index contributed by atoms with van der Waals surface area (Å²) in [5.74, 6) is 0.399. The van der Waals surface area contributed by atoms with Crippen LogP contribution < -0.4 is 5.73 Å². The van der Waals surface area contributed by atoms with Crippen molar-refractivity contribution in [2.45, 2.75) is 32.3 Å². The highest BCUT2D eigenvalue weighted by Crippen LogP contribution is 2.21. The summed E-state index contributed by atoms with van der Waals surface area (Å²) in [6, 6.07) is 0. The normalized spacial score (nSPS) is 34.6. The van der Waals surface area contributed by atoms with Crippen LogP contribution in [0.1, 0.15) is 13.8 Å². The molecule has 5 heteroatoms. The second kappa shape index (κ2) is 3.95. The first kappa shape index (κ1) is 10.3. The van der Waals surface area contributed by atoms with Crippen LogP contribution in [0, 0.1) is 0 Å². The number of hydrogen-bond acceptors (Lipinski definition) is 5. The summed E-state index contributed by atoms with van der Waals surface area (Å²) in [6.07, 6.45) is -3.05. The zero-order chi connectivity index (χ0) is 10.0. The summed E-state index contributed by atoms with van der Waals surface area (Å²) in [5.41, 5.74) is 5.62. The number of ether oxygens (including phenoxy) is 2. The van der Waals surface area contributed by atoms with E-state index in [0.29, 0.717) is 12.4 Å². The minimum atomic E-state index is -1.12. The number of allylic oxidation sites excluding steroid dienone is 1. The molecule has 1 aliphatic rings. The smallest absolute Gasteiger partial charge is 0.228 e. The third-order valence-electron chi connectivity index (χ3n) is 1.95. The Bertz CT molecular complexity index is 216.